The van der Waals surface area contributed by atoms with Crippen LogP contribution in [-0.4, -0.2) is 17.6 Å². The van der Waals surface area contributed by atoms with E-state index in [0.717, 1.165) is 12.3 Å². The first-order valence-corrected chi connectivity index (χ1v) is 4.25. The van der Waals surface area contributed by atoms with Crippen LogP contribution in [0, 0.1) is 11.8 Å². The highest BCUT2D eigenvalue weighted by molar-refractivity contribution is 5.18. The number of oxazole rings is 1. The van der Waals surface area contributed by atoms with Gasteiger partial charge in [-0.2, -0.15) is 0 Å². The van der Waals surface area contributed by atoms with Crippen LogP contribution < -0.4 is 11.1 Å². The largest absolute Gasteiger partial charge is 0.447 e. The molecule has 4 nitrogen and oxygen atoms in total. The van der Waals surface area contributed by atoms with Crippen molar-refractivity contribution in [3.05, 3.63) is 18.4 Å². The molecule has 64 valence electrons. The van der Waals surface area contributed by atoms with E-state index in [2.05, 4.69) is 10.3 Å². The third-order valence-electron chi connectivity index (χ3n) is 3.01. The monoisotopic (exact) mass is 165 g/mol. The van der Waals surface area contributed by atoms with Gasteiger partial charge in [-0.15, -0.1) is 0 Å². The van der Waals surface area contributed by atoms with Crippen LogP contribution in [0.3, 0.4) is 0 Å². The lowest BCUT2D eigenvalue weighted by molar-refractivity contribution is 0.409. The van der Waals surface area contributed by atoms with Crippen molar-refractivity contribution in [2.75, 3.05) is 6.54 Å². The minimum atomic E-state index is 0.312. The van der Waals surface area contributed by atoms with Crippen molar-refractivity contribution in [2.24, 2.45) is 17.6 Å². The highest BCUT2D eigenvalue weighted by Gasteiger charge is 2.57. The van der Waals surface area contributed by atoms with E-state index in [1.54, 1.807) is 6.20 Å². The first kappa shape index (κ1) is 6.62. The maximum Gasteiger partial charge on any atom is 0.180 e. The molecule has 1 saturated heterocycles. The molecular formula is C8H11N3O. The fourth-order valence-corrected chi connectivity index (χ4v) is 2.24. The van der Waals surface area contributed by atoms with Gasteiger partial charge in [0.15, 0.2) is 6.39 Å². The van der Waals surface area contributed by atoms with Crippen molar-refractivity contribution in [1.82, 2.24) is 10.3 Å². The standard InChI is InChI=1S/C8H11N3O/c9-7-4-1-11-8(6(4)7)5-2-10-3-12-5/h2-4,6-8,11H,1,9H2. The van der Waals surface area contributed by atoms with E-state index in [9.17, 15) is 0 Å². The van der Waals surface area contributed by atoms with E-state index >= 15 is 0 Å². The SMILES string of the molecule is NC1C2CNC(c3cnco3)C12. The Kier molecular flexibility index (Phi) is 1.15. The Hall–Kier alpha value is -0.870. The minimum absolute atomic E-state index is 0.312. The summed E-state index contributed by atoms with van der Waals surface area (Å²) in [4.78, 5) is 3.90. The first-order chi connectivity index (χ1) is 5.88. The molecule has 0 bridgehead atoms. The molecular weight excluding hydrogens is 154 g/mol. The quantitative estimate of drug-likeness (QED) is 0.609. The normalized spacial score (nSPS) is 44.4. The van der Waals surface area contributed by atoms with Crippen molar-refractivity contribution in [1.29, 1.82) is 0 Å². The molecule has 3 rings (SSSR count). The zero-order valence-corrected chi connectivity index (χ0v) is 6.60. The Morgan fingerprint density at radius 2 is 2.58 bits per heavy atom. The van der Waals surface area contributed by atoms with Crippen molar-refractivity contribution in [3.8, 4) is 0 Å². The fraction of sp³-hybridized carbons (Fsp3) is 0.625. The molecule has 0 amide bonds. The summed E-state index contributed by atoms with van der Waals surface area (Å²) in [5.74, 6) is 2.17. The number of hydrogen-bond donors (Lipinski definition) is 2. The summed E-state index contributed by atoms with van der Waals surface area (Å²) >= 11 is 0. The molecule has 1 aromatic heterocycles. The average Bonchev–Trinajstić information content (AvgIpc) is 2.65. The molecule has 2 aliphatic rings. The van der Waals surface area contributed by atoms with E-state index in [1.807, 2.05) is 0 Å². The van der Waals surface area contributed by atoms with Gasteiger partial charge in [-0.05, 0) is 5.92 Å². The van der Waals surface area contributed by atoms with E-state index in [4.69, 9.17) is 10.2 Å². The third kappa shape index (κ3) is 0.711. The van der Waals surface area contributed by atoms with E-state index < -0.39 is 0 Å². The lowest BCUT2D eigenvalue weighted by atomic mass is 10.1. The molecule has 1 aromatic rings. The predicted molar refractivity (Wildman–Crippen MR) is 42.2 cm³/mol. The zero-order valence-electron chi connectivity index (χ0n) is 6.60. The molecule has 4 unspecified atom stereocenters. The highest BCUT2D eigenvalue weighted by atomic mass is 16.3. The zero-order chi connectivity index (χ0) is 8.13. The van der Waals surface area contributed by atoms with Crippen LogP contribution in [0.4, 0.5) is 0 Å². The summed E-state index contributed by atoms with van der Waals surface area (Å²) < 4.78 is 5.23. The van der Waals surface area contributed by atoms with Gasteiger partial charge in [-0.1, -0.05) is 0 Å². The molecule has 0 radical (unpaired) electrons. The Balaban J connectivity index is 1.87. The molecule has 1 saturated carbocycles. The number of fused-ring (bicyclic) bond motifs is 1. The number of nitrogens with two attached hydrogens (primary N) is 1. The molecule has 4 atom stereocenters. The number of nitrogens with zero attached hydrogens (tertiary/aromatic N) is 1. The van der Waals surface area contributed by atoms with Gasteiger partial charge in [-0.25, -0.2) is 4.98 Å². The maximum absolute atomic E-state index is 5.87. The van der Waals surface area contributed by atoms with Gasteiger partial charge in [0.2, 0.25) is 0 Å². The molecule has 3 N–H and O–H groups in total. The molecule has 1 aliphatic heterocycles. The smallest absolute Gasteiger partial charge is 0.180 e. The second kappa shape index (κ2) is 2.08. The molecule has 2 heterocycles. The van der Waals surface area contributed by atoms with Gasteiger partial charge in [0.05, 0.1) is 12.2 Å². The molecule has 2 fully saturated rings. The van der Waals surface area contributed by atoms with Gasteiger partial charge in [0, 0.05) is 18.5 Å². The lowest BCUT2D eigenvalue weighted by Gasteiger charge is -2.10. The summed E-state index contributed by atoms with van der Waals surface area (Å²) in [6.45, 7) is 1.02. The Morgan fingerprint density at radius 3 is 3.17 bits per heavy atom. The van der Waals surface area contributed by atoms with Crippen LogP contribution in [0.5, 0.6) is 0 Å². The highest BCUT2D eigenvalue weighted by Crippen LogP contribution is 2.50. The Bertz CT molecular complexity index is 285. The van der Waals surface area contributed by atoms with Crippen LogP contribution in [0.25, 0.3) is 0 Å². The minimum Gasteiger partial charge on any atom is -0.447 e. The summed E-state index contributed by atoms with van der Waals surface area (Å²) in [7, 11) is 0. The van der Waals surface area contributed by atoms with E-state index in [0.29, 0.717) is 23.9 Å². The van der Waals surface area contributed by atoms with Gasteiger partial charge in [0.25, 0.3) is 0 Å². The first-order valence-electron chi connectivity index (χ1n) is 4.25. The number of aromatic nitrogens is 1. The van der Waals surface area contributed by atoms with Crippen molar-refractivity contribution < 1.29 is 4.42 Å². The van der Waals surface area contributed by atoms with Crippen LogP contribution in [-0.2, 0) is 0 Å². The van der Waals surface area contributed by atoms with Crippen LogP contribution in [0.1, 0.15) is 11.8 Å². The second-order valence-corrected chi connectivity index (χ2v) is 3.61. The summed E-state index contributed by atoms with van der Waals surface area (Å²) in [5, 5.41) is 3.38. The topological polar surface area (TPSA) is 64.1 Å². The summed E-state index contributed by atoms with van der Waals surface area (Å²) in [6.07, 6.45) is 3.24. The lowest BCUT2D eigenvalue weighted by Crippen LogP contribution is -2.25. The average molecular weight is 165 g/mol. The van der Waals surface area contributed by atoms with Crippen LogP contribution >= 0.6 is 0 Å². The molecule has 0 aromatic carbocycles. The molecule has 4 heteroatoms. The van der Waals surface area contributed by atoms with E-state index in [1.165, 1.54) is 6.39 Å². The number of piperidine rings is 1. The third-order valence-corrected chi connectivity index (χ3v) is 3.01. The molecule has 12 heavy (non-hydrogen) atoms. The maximum atomic E-state index is 5.87. The molecule has 0 spiro atoms. The van der Waals surface area contributed by atoms with Gasteiger partial charge < -0.3 is 15.5 Å². The van der Waals surface area contributed by atoms with Crippen molar-refractivity contribution in [3.63, 3.8) is 0 Å². The molecule has 1 aliphatic carbocycles. The van der Waals surface area contributed by atoms with Gasteiger partial charge >= 0.3 is 0 Å². The van der Waals surface area contributed by atoms with Gasteiger partial charge in [0.1, 0.15) is 5.76 Å². The summed E-state index contributed by atoms with van der Waals surface area (Å²) in [6, 6.07) is 0.689. The number of rotatable bonds is 1. The number of hydrogen-bond acceptors (Lipinski definition) is 4. The van der Waals surface area contributed by atoms with Crippen molar-refractivity contribution >= 4 is 0 Å². The van der Waals surface area contributed by atoms with Crippen LogP contribution in [0.15, 0.2) is 17.0 Å². The van der Waals surface area contributed by atoms with Crippen molar-refractivity contribution in [2.45, 2.75) is 12.1 Å². The fourth-order valence-electron chi connectivity index (χ4n) is 2.24. The number of nitrogens with one attached hydrogen (secondary N) is 1. The van der Waals surface area contributed by atoms with E-state index in [-0.39, 0.29) is 0 Å². The summed E-state index contributed by atoms with van der Waals surface area (Å²) in [5.41, 5.74) is 5.87. The van der Waals surface area contributed by atoms with Gasteiger partial charge in [-0.3, -0.25) is 0 Å². The predicted octanol–water partition coefficient (Wildman–Crippen LogP) is -0.108. The second-order valence-electron chi connectivity index (χ2n) is 3.61. The Labute approximate surface area is 70.1 Å². The van der Waals surface area contributed by atoms with Crippen LogP contribution in [0.2, 0.25) is 0 Å². The Morgan fingerprint density at radius 1 is 1.67 bits per heavy atom.